The molecule has 2 heteroatoms. The Morgan fingerprint density at radius 1 is 1.62 bits per heavy atom. The lowest BCUT2D eigenvalue weighted by Gasteiger charge is -2.43. The SMILES string of the molecule is C=C[C@@]1(O)C(C)=CC(=O)CC1(C)C. The standard InChI is InChI=1S/C11H16O2/c1-5-11(13)8(2)6-9(12)7-10(11,3)4/h5-6,13H,1,7H2,2-4H3/t11-/m1/s1. The molecule has 0 amide bonds. The maximum Gasteiger partial charge on any atom is 0.156 e. The highest BCUT2D eigenvalue weighted by Gasteiger charge is 2.46. The Morgan fingerprint density at radius 2 is 2.15 bits per heavy atom. The van der Waals surface area contributed by atoms with Crippen LogP contribution >= 0.6 is 0 Å². The van der Waals surface area contributed by atoms with Crippen molar-refractivity contribution in [2.24, 2.45) is 5.41 Å². The molecule has 0 heterocycles. The maximum absolute atomic E-state index is 11.3. The smallest absolute Gasteiger partial charge is 0.156 e. The summed E-state index contributed by atoms with van der Waals surface area (Å²) in [7, 11) is 0. The van der Waals surface area contributed by atoms with Gasteiger partial charge in [0.2, 0.25) is 0 Å². The molecule has 0 bridgehead atoms. The number of hydrogen-bond donors (Lipinski definition) is 1. The minimum absolute atomic E-state index is 0.0778. The van der Waals surface area contributed by atoms with E-state index in [1.165, 1.54) is 12.2 Å². The van der Waals surface area contributed by atoms with Crippen LogP contribution in [-0.2, 0) is 4.79 Å². The molecule has 0 aromatic carbocycles. The summed E-state index contributed by atoms with van der Waals surface area (Å²) in [6, 6.07) is 0. The fourth-order valence-corrected chi connectivity index (χ4v) is 1.94. The topological polar surface area (TPSA) is 37.3 Å². The Balaban J connectivity index is 3.25. The van der Waals surface area contributed by atoms with Gasteiger partial charge in [-0.05, 0) is 18.6 Å². The van der Waals surface area contributed by atoms with E-state index in [4.69, 9.17) is 0 Å². The lowest BCUT2D eigenvalue weighted by Crippen LogP contribution is -2.47. The molecule has 0 aliphatic heterocycles. The lowest BCUT2D eigenvalue weighted by molar-refractivity contribution is -0.121. The van der Waals surface area contributed by atoms with E-state index in [0.717, 1.165) is 0 Å². The van der Waals surface area contributed by atoms with E-state index >= 15 is 0 Å². The molecule has 0 saturated carbocycles. The third kappa shape index (κ3) is 1.35. The van der Waals surface area contributed by atoms with Crippen molar-refractivity contribution in [2.45, 2.75) is 32.8 Å². The lowest BCUT2D eigenvalue weighted by atomic mass is 9.65. The van der Waals surface area contributed by atoms with Gasteiger partial charge < -0.3 is 5.11 Å². The Morgan fingerprint density at radius 3 is 2.54 bits per heavy atom. The van der Waals surface area contributed by atoms with Crippen LogP contribution < -0.4 is 0 Å². The number of aliphatic hydroxyl groups is 1. The van der Waals surface area contributed by atoms with Crippen LogP contribution in [0.4, 0.5) is 0 Å². The number of carbonyl (C=O) groups is 1. The summed E-state index contributed by atoms with van der Waals surface area (Å²) in [5.41, 5.74) is -0.810. The van der Waals surface area contributed by atoms with Gasteiger partial charge in [0.25, 0.3) is 0 Å². The van der Waals surface area contributed by atoms with Crippen molar-refractivity contribution in [1.29, 1.82) is 0 Å². The molecule has 1 aliphatic rings. The molecule has 1 atom stereocenters. The fourth-order valence-electron chi connectivity index (χ4n) is 1.94. The van der Waals surface area contributed by atoms with Crippen LogP contribution in [-0.4, -0.2) is 16.5 Å². The van der Waals surface area contributed by atoms with Gasteiger partial charge in [0.15, 0.2) is 5.78 Å². The summed E-state index contributed by atoms with van der Waals surface area (Å²) >= 11 is 0. The largest absolute Gasteiger partial charge is 0.381 e. The van der Waals surface area contributed by atoms with Gasteiger partial charge in [-0.15, -0.1) is 0 Å². The molecule has 0 radical (unpaired) electrons. The third-order valence-corrected chi connectivity index (χ3v) is 2.92. The first-order valence-corrected chi connectivity index (χ1v) is 4.41. The van der Waals surface area contributed by atoms with E-state index in [1.54, 1.807) is 6.92 Å². The molecule has 0 aromatic rings. The highest BCUT2D eigenvalue weighted by molar-refractivity contribution is 5.92. The molecule has 1 aliphatic carbocycles. The third-order valence-electron chi connectivity index (χ3n) is 2.92. The zero-order valence-corrected chi connectivity index (χ0v) is 8.42. The van der Waals surface area contributed by atoms with Crippen LogP contribution in [0.5, 0.6) is 0 Å². The Hall–Kier alpha value is -0.890. The minimum Gasteiger partial charge on any atom is -0.381 e. The van der Waals surface area contributed by atoms with Crippen LogP contribution in [0.2, 0.25) is 0 Å². The van der Waals surface area contributed by atoms with Gasteiger partial charge in [0, 0.05) is 11.8 Å². The number of ketones is 1. The molecular formula is C11H16O2. The first kappa shape index (κ1) is 10.2. The molecule has 2 nitrogen and oxygen atoms in total. The minimum atomic E-state index is -1.04. The predicted molar refractivity (Wildman–Crippen MR) is 52.3 cm³/mol. The van der Waals surface area contributed by atoms with Gasteiger partial charge in [-0.1, -0.05) is 26.5 Å². The predicted octanol–water partition coefficient (Wildman–Crippen LogP) is 1.85. The molecule has 0 aromatic heterocycles. The van der Waals surface area contributed by atoms with Crippen molar-refractivity contribution < 1.29 is 9.90 Å². The molecule has 1 N–H and O–H groups in total. The van der Waals surface area contributed by atoms with Gasteiger partial charge in [-0.2, -0.15) is 0 Å². The first-order chi connectivity index (χ1) is 5.83. The number of allylic oxidation sites excluding steroid dienone is 1. The average Bonchev–Trinajstić information content (AvgIpc) is 1.98. The molecule has 0 unspecified atom stereocenters. The summed E-state index contributed by atoms with van der Waals surface area (Å²) in [6.45, 7) is 9.15. The number of carbonyl (C=O) groups excluding carboxylic acids is 1. The van der Waals surface area contributed by atoms with Crippen LogP contribution in [0.3, 0.4) is 0 Å². The molecule has 72 valence electrons. The average molecular weight is 180 g/mol. The summed E-state index contributed by atoms with van der Waals surface area (Å²) in [5.74, 6) is 0.0778. The first-order valence-electron chi connectivity index (χ1n) is 4.41. The summed E-state index contributed by atoms with van der Waals surface area (Å²) in [4.78, 5) is 11.3. The number of rotatable bonds is 1. The summed E-state index contributed by atoms with van der Waals surface area (Å²) in [6.07, 6.45) is 3.39. The molecule has 1 rings (SSSR count). The van der Waals surface area contributed by atoms with Crippen LogP contribution in [0.1, 0.15) is 27.2 Å². The van der Waals surface area contributed by atoms with Crippen molar-refractivity contribution in [3.05, 3.63) is 24.3 Å². The summed E-state index contributed by atoms with van der Waals surface area (Å²) in [5, 5.41) is 10.3. The van der Waals surface area contributed by atoms with E-state index in [2.05, 4.69) is 6.58 Å². The van der Waals surface area contributed by atoms with Gasteiger partial charge >= 0.3 is 0 Å². The Labute approximate surface area is 79.0 Å². The monoisotopic (exact) mass is 180 g/mol. The van der Waals surface area contributed by atoms with E-state index in [-0.39, 0.29) is 5.78 Å². The van der Waals surface area contributed by atoms with Crippen molar-refractivity contribution in [3.8, 4) is 0 Å². The van der Waals surface area contributed by atoms with Crippen molar-refractivity contribution in [1.82, 2.24) is 0 Å². The Bertz CT molecular complexity index is 286. The van der Waals surface area contributed by atoms with Gasteiger partial charge in [-0.3, -0.25) is 4.79 Å². The van der Waals surface area contributed by atoms with Gasteiger partial charge in [0.05, 0.1) is 0 Å². The van der Waals surface area contributed by atoms with Gasteiger partial charge in [-0.25, -0.2) is 0 Å². The van der Waals surface area contributed by atoms with Crippen LogP contribution in [0, 0.1) is 5.41 Å². The Kier molecular flexibility index (Phi) is 2.20. The summed E-state index contributed by atoms with van der Waals surface area (Å²) < 4.78 is 0. The second-order valence-electron chi connectivity index (χ2n) is 4.32. The molecule has 0 saturated heterocycles. The molecule has 0 fully saturated rings. The van der Waals surface area contributed by atoms with E-state index in [1.807, 2.05) is 13.8 Å². The normalized spacial score (nSPS) is 32.6. The number of hydrogen-bond acceptors (Lipinski definition) is 2. The quantitative estimate of drug-likeness (QED) is 0.625. The highest BCUT2D eigenvalue weighted by Crippen LogP contribution is 2.43. The maximum atomic E-state index is 11.3. The zero-order valence-electron chi connectivity index (χ0n) is 8.42. The molecule has 13 heavy (non-hydrogen) atoms. The molecular weight excluding hydrogens is 164 g/mol. The second kappa shape index (κ2) is 2.81. The van der Waals surface area contributed by atoms with Crippen molar-refractivity contribution in [2.75, 3.05) is 0 Å². The zero-order chi connectivity index (χ0) is 10.3. The van der Waals surface area contributed by atoms with E-state index in [9.17, 15) is 9.90 Å². The van der Waals surface area contributed by atoms with E-state index < -0.39 is 11.0 Å². The second-order valence-corrected chi connectivity index (χ2v) is 4.32. The van der Waals surface area contributed by atoms with Crippen molar-refractivity contribution in [3.63, 3.8) is 0 Å². The van der Waals surface area contributed by atoms with Crippen molar-refractivity contribution >= 4 is 5.78 Å². The van der Waals surface area contributed by atoms with Crippen LogP contribution in [0.15, 0.2) is 24.3 Å². The van der Waals surface area contributed by atoms with E-state index in [0.29, 0.717) is 12.0 Å². The molecule has 0 spiro atoms. The van der Waals surface area contributed by atoms with Crippen LogP contribution in [0.25, 0.3) is 0 Å². The van der Waals surface area contributed by atoms with Gasteiger partial charge in [0.1, 0.15) is 5.60 Å². The highest BCUT2D eigenvalue weighted by atomic mass is 16.3. The fraction of sp³-hybridized carbons (Fsp3) is 0.545.